The van der Waals surface area contributed by atoms with E-state index in [1.807, 2.05) is 30.3 Å². The molecule has 1 saturated heterocycles. The molecule has 10 nitrogen and oxygen atoms in total. The van der Waals surface area contributed by atoms with Crippen LogP contribution in [0.2, 0.25) is 0 Å². The van der Waals surface area contributed by atoms with Gasteiger partial charge in [-0.25, -0.2) is 18.5 Å². The van der Waals surface area contributed by atoms with E-state index < -0.39 is 54.7 Å². The fourth-order valence-corrected chi connectivity index (χ4v) is 3.64. The lowest BCUT2D eigenvalue weighted by atomic mass is 10.2. The summed E-state index contributed by atoms with van der Waals surface area (Å²) < 4.78 is 38.3. The molecule has 1 aliphatic heterocycles. The van der Waals surface area contributed by atoms with Crippen LogP contribution in [0.15, 0.2) is 82.5 Å². The minimum Gasteiger partial charge on any atom is -0.449 e. The van der Waals surface area contributed by atoms with Gasteiger partial charge in [0.15, 0.2) is 18.5 Å². The number of aromatic nitrogens is 2. The second-order valence-electron chi connectivity index (χ2n) is 7.92. The molecule has 4 atom stereocenters. The first-order chi connectivity index (χ1) is 17.3. The average Bonchev–Trinajstić information content (AvgIpc) is 3.16. The number of alkyl halides is 1. The Bertz CT molecular complexity index is 1330. The Morgan fingerprint density at radius 1 is 0.972 bits per heavy atom. The summed E-state index contributed by atoms with van der Waals surface area (Å²) in [6, 6.07) is 18.0. The zero-order valence-electron chi connectivity index (χ0n) is 19.2. The zero-order chi connectivity index (χ0) is 25.7. The van der Waals surface area contributed by atoms with E-state index in [1.54, 1.807) is 18.2 Å². The van der Waals surface area contributed by atoms with Crippen LogP contribution in [0.4, 0.5) is 4.39 Å². The minimum absolute atomic E-state index is 0.138. The molecule has 0 saturated carbocycles. The predicted octanol–water partition coefficient (Wildman–Crippen LogP) is 2.17. The Balaban J connectivity index is 1.55. The average molecular weight is 498 g/mol. The molecule has 1 fully saturated rings. The third kappa shape index (κ3) is 5.58. The number of halogens is 1. The van der Waals surface area contributed by atoms with Crippen molar-refractivity contribution in [2.24, 2.45) is 0 Å². The molecule has 0 spiro atoms. The summed E-state index contributed by atoms with van der Waals surface area (Å²) in [7, 11) is 0. The lowest BCUT2D eigenvalue weighted by Crippen LogP contribution is -2.43. The Kier molecular flexibility index (Phi) is 7.71. The van der Waals surface area contributed by atoms with E-state index in [-0.39, 0.29) is 12.2 Å². The third-order valence-electron chi connectivity index (χ3n) is 5.36. The van der Waals surface area contributed by atoms with Crippen molar-refractivity contribution in [2.45, 2.75) is 45.1 Å². The SMILES string of the molecule is CC(=O)O[C@H]1O[C@@H](n2ccc(=O)n(COCc3ccccc3)c2=O)C(F)[C@H]1OC(=O)c1ccccc1. The summed E-state index contributed by atoms with van der Waals surface area (Å²) in [6.07, 6.45) is -5.96. The number of hydrogen-bond acceptors (Lipinski definition) is 8. The van der Waals surface area contributed by atoms with E-state index in [1.165, 1.54) is 12.1 Å². The topological polar surface area (TPSA) is 115 Å². The van der Waals surface area contributed by atoms with E-state index in [9.17, 15) is 19.2 Å². The highest BCUT2D eigenvalue weighted by Gasteiger charge is 2.51. The fraction of sp³-hybridized carbons (Fsp3) is 0.280. The maximum absolute atomic E-state index is 15.5. The van der Waals surface area contributed by atoms with Crippen molar-refractivity contribution in [1.29, 1.82) is 0 Å². The van der Waals surface area contributed by atoms with Crippen molar-refractivity contribution in [3.05, 3.63) is 105 Å². The van der Waals surface area contributed by atoms with Gasteiger partial charge in [0.05, 0.1) is 12.2 Å². The van der Waals surface area contributed by atoms with Crippen LogP contribution >= 0.6 is 0 Å². The van der Waals surface area contributed by atoms with Gasteiger partial charge in [-0.05, 0) is 17.7 Å². The molecule has 2 heterocycles. The van der Waals surface area contributed by atoms with Crippen LogP contribution in [0.1, 0.15) is 29.1 Å². The van der Waals surface area contributed by atoms with Crippen molar-refractivity contribution >= 4 is 11.9 Å². The second-order valence-corrected chi connectivity index (χ2v) is 7.92. The second kappa shape index (κ2) is 11.1. The first-order valence-electron chi connectivity index (χ1n) is 11.0. The summed E-state index contributed by atoms with van der Waals surface area (Å²) in [6.45, 7) is 0.826. The van der Waals surface area contributed by atoms with Gasteiger partial charge in [-0.1, -0.05) is 48.5 Å². The quantitative estimate of drug-likeness (QED) is 0.434. The van der Waals surface area contributed by atoms with Gasteiger partial charge in [-0.15, -0.1) is 0 Å². The van der Waals surface area contributed by atoms with Gasteiger partial charge in [0.1, 0.15) is 6.73 Å². The molecule has 1 unspecified atom stereocenters. The maximum Gasteiger partial charge on any atom is 0.338 e. The highest BCUT2D eigenvalue weighted by Crippen LogP contribution is 2.34. The lowest BCUT2D eigenvalue weighted by molar-refractivity contribution is -0.191. The largest absolute Gasteiger partial charge is 0.449 e. The minimum atomic E-state index is -2.10. The van der Waals surface area contributed by atoms with Crippen molar-refractivity contribution in [3.8, 4) is 0 Å². The monoisotopic (exact) mass is 498 g/mol. The van der Waals surface area contributed by atoms with E-state index in [2.05, 4.69) is 0 Å². The number of nitrogens with zero attached hydrogens (tertiary/aromatic N) is 2. The first kappa shape index (κ1) is 25.0. The number of carbonyl (C=O) groups excluding carboxylic acids is 2. The summed E-state index contributed by atoms with van der Waals surface area (Å²) in [5.74, 6) is -1.67. The molecule has 0 amide bonds. The van der Waals surface area contributed by atoms with Crippen LogP contribution in [0.5, 0.6) is 0 Å². The maximum atomic E-state index is 15.5. The molecule has 11 heteroatoms. The van der Waals surface area contributed by atoms with Crippen LogP contribution in [-0.2, 0) is 37.1 Å². The molecule has 3 aromatic rings. The highest BCUT2D eigenvalue weighted by molar-refractivity contribution is 5.89. The highest BCUT2D eigenvalue weighted by atomic mass is 19.1. The summed E-state index contributed by atoms with van der Waals surface area (Å²) >= 11 is 0. The van der Waals surface area contributed by atoms with Gasteiger partial charge in [-0.3, -0.25) is 14.2 Å². The Morgan fingerprint density at radius 2 is 1.64 bits per heavy atom. The molecule has 36 heavy (non-hydrogen) atoms. The van der Waals surface area contributed by atoms with Crippen LogP contribution in [-0.4, -0.2) is 39.6 Å². The summed E-state index contributed by atoms with van der Waals surface area (Å²) in [4.78, 5) is 49.4. The zero-order valence-corrected chi connectivity index (χ0v) is 19.2. The number of rotatable bonds is 8. The molecule has 1 aromatic heterocycles. The third-order valence-corrected chi connectivity index (χ3v) is 5.36. The Hall–Kier alpha value is -4.09. The van der Waals surface area contributed by atoms with Crippen LogP contribution < -0.4 is 11.2 Å². The van der Waals surface area contributed by atoms with Crippen molar-refractivity contribution in [3.63, 3.8) is 0 Å². The van der Waals surface area contributed by atoms with E-state index in [0.29, 0.717) is 0 Å². The normalized spacial score (nSPS) is 21.2. The van der Waals surface area contributed by atoms with Crippen molar-refractivity contribution in [1.82, 2.24) is 9.13 Å². The first-order valence-corrected chi connectivity index (χ1v) is 11.0. The molecule has 0 bridgehead atoms. The molecule has 188 valence electrons. The lowest BCUT2D eigenvalue weighted by Gasteiger charge is -2.19. The predicted molar refractivity (Wildman–Crippen MR) is 122 cm³/mol. The fourth-order valence-electron chi connectivity index (χ4n) is 3.64. The van der Waals surface area contributed by atoms with E-state index >= 15 is 4.39 Å². The molecule has 0 radical (unpaired) electrons. The number of esters is 2. The van der Waals surface area contributed by atoms with E-state index in [4.69, 9.17) is 18.9 Å². The number of hydrogen-bond donors (Lipinski definition) is 0. The van der Waals surface area contributed by atoms with Crippen LogP contribution in [0.25, 0.3) is 0 Å². The van der Waals surface area contributed by atoms with E-state index in [0.717, 1.165) is 33.9 Å². The van der Waals surface area contributed by atoms with Gasteiger partial charge < -0.3 is 18.9 Å². The van der Waals surface area contributed by atoms with Crippen molar-refractivity contribution in [2.75, 3.05) is 0 Å². The van der Waals surface area contributed by atoms with Crippen LogP contribution in [0.3, 0.4) is 0 Å². The number of benzene rings is 2. The molecular weight excluding hydrogens is 475 g/mol. The van der Waals surface area contributed by atoms with Gasteiger partial charge in [0.25, 0.3) is 5.56 Å². The Labute approximate surface area is 204 Å². The smallest absolute Gasteiger partial charge is 0.338 e. The Morgan fingerprint density at radius 3 is 2.31 bits per heavy atom. The molecule has 0 N–H and O–H groups in total. The summed E-state index contributed by atoms with van der Waals surface area (Å²) in [5, 5.41) is 0. The molecular formula is C25H23FN2O8. The summed E-state index contributed by atoms with van der Waals surface area (Å²) in [5.41, 5.74) is -0.603. The molecule has 0 aliphatic carbocycles. The van der Waals surface area contributed by atoms with Gasteiger partial charge in [0, 0.05) is 19.2 Å². The van der Waals surface area contributed by atoms with Gasteiger partial charge in [0.2, 0.25) is 6.29 Å². The molecule has 1 aliphatic rings. The van der Waals surface area contributed by atoms with Gasteiger partial charge in [-0.2, -0.15) is 0 Å². The van der Waals surface area contributed by atoms with Crippen molar-refractivity contribution < 1.29 is 32.9 Å². The molecule has 2 aromatic carbocycles. The number of carbonyl (C=O) groups is 2. The van der Waals surface area contributed by atoms with Gasteiger partial charge >= 0.3 is 17.6 Å². The number of ether oxygens (including phenoxy) is 4. The standard InChI is InChI=1S/C25H23FN2O8/c1-16(29)34-24-21(35-23(31)18-10-6-3-7-11-18)20(26)22(36-24)27-13-12-19(30)28(25(27)32)15-33-14-17-8-4-2-5-9-17/h2-13,20-22,24H,14-15H2,1H3/t20?,21-,22-,24+/m1/s1. The molecule has 4 rings (SSSR count). The van der Waals surface area contributed by atoms with Crippen LogP contribution in [0, 0.1) is 0 Å².